The fourth-order valence-electron chi connectivity index (χ4n) is 5.56. The Bertz CT molecular complexity index is 1010. The third-order valence-corrected chi connectivity index (χ3v) is 7.49. The molecule has 1 amide bonds. The summed E-state index contributed by atoms with van der Waals surface area (Å²) in [5, 5.41) is 0. The molecule has 35 heavy (non-hydrogen) atoms. The fourth-order valence-corrected chi connectivity index (χ4v) is 5.56. The molecule has 3 aromatic carbocycles. The van der Waals surface area contributed by atoms with Gasteiger partial charge in [0.15, 0.2) is 0 Å². The van der Waals surface area contributed by atoms with Crippen LogP contribution >= 0.6 is 0 Å². The quantitative estimate of drug-likeness (QED) is 0.362. The Kier molecular flexibility index (Phi) is 9.54. The lowest BCUT2D eigenvalue weighted by Gasteiger charge is -2.29. The van der Waals surface area contributed by atoms with E-state index in [0.29, 0.717) is 5.92 Å². The van der Waals surface area contributed by atoms with Crippen molar-refractivity contribution in [1.82, 2.24) is 9.80 Å². The first-order valence-corrected chi connectivity index (χ1v) is 13.3. The number of carbonyl (C=O) groups is 1. The van der Waals surface area contributed by atoms with Crippen LogP contribution in [-0.4, -0.2) is 42.4 Å². The number of rotatable bonds is 7. The van der Waals surface area contributed by atoms with Gasteiger partial charge in [-0.1, -0.05) is 98.3 Å². The van der Waals surface area contributed by atoms with Gasteiger partial charge in [0.2, 0.25) is 6.41 Å². The van der Waals surface area contributed by atoms with Crippen molar-refractivity contribution in [2.24, 2.45) is 0 Å². The highest BCUT2D eigenvalue weighted by molar-refractivity contribution is 5.47. The maximum Gasteiger partial charge on any atom is 0.209 e. The highest BCUT2D eigenvalue weighted by Crippen LogP contribution is 2.31. The van der Waals surface area contributed by atoms with E-state index < -0.39 is 0 Å². The number of likely N-dealkylation sites (tertiary alicyclic amines) is 2. The normalized spacial score (nSPS) is 18.7. The first-order chi connectivity index (χ1) is 17.3. The summed E-state index contributed by atoms with van der Waals surface area (Å²) in [6, 6.07) is 30.5. The third kappa shape index (κ3) is 7.29. The molecule has 1 atom stereocenters. The lowest BCUT2D eigenvalue weighted by Crippen LogP contribution is -2.31. The molecule has 2 saturated heterocycles. The predicted molar refractivity (Wildman–Crippen MR) is 146 cm³/mol. The third-order valence-electron chi connectivity index (χ3n) is 7.49. The lowest BCUT2D eigenvalue weighted by atomic mass is 9.90. The van der Waals surface area contributed by atoms with Gasteiger partial charge in [-0.3, -0.25) is 9.69 Å². The van der Waals surface area contributed by atoms with E-state index in [1.54, 1.807) is 11.1 Å². The molecule has 3 aromatic rings. The minimum absolute atomic E-state index is 0.646. The molecule has 5 rings (SSSR count). The van der Waals surface area contributed by atoms with E-state index in [-0.39, 0.29) is 0 Å². The molecular weight excluding hydrogens is 428 g/mol. The number of hydrogen-bond donors (Lipinski definition) is 0. The molecule has 0 saturated carbocycles. The second-order valence-electron chi connectivity index (χ2n) is 9.98. The van der Waals surface area contributed by atoms with Crippen LogP contribution in [0.2, 0.25) is 0 Å². The molecule has 0 aromatic heterocycles. The molecule has 2 heterocycles. The smallest absolute Gasteiger partial charge is 0.209 e. The van der Waals surface area contributed by atoms with Gasteiger partial charge in [-0.25, -0.2) is 0 Å². The molecule has 2 aliphatic heterocycles. The van der Waals surface area contributed by atoms with Crippen molar-refractivity contribution < 1.29 is 4.79 Å². The molecule has 0 aliphatic carbocycles. The van der Waals surface area contributed by atoms with Gasteiger partial charge >= 0.3 is 0 Å². The molecule has 184 valence electrons. The van der Waals surface area contributed by atoms with Crippen LogP contribution in [0.1, 0.15) is 66.7 Å². The summed E-state index contributed by atoms with van der Waals surface area (Å²) in [7, 11) is 0. The van der Waals surface area contributed by atoms with Crippen LogP contribution in [-0.2, 0) is 17.8 Å². The van der Waals surface area contributed by atoms with Crippen molar-refractivity contribution in [2.75, 3.05) is 26.2 Å². The zero-order valence-electron chi connectivity index (χ0n) is 21.2. The largest absolute Gasteiger partial charge is 0.345 e. The summed E-state index contributed by atoms with van der Waals surface area (Å²) in [6.45, 7) is 7.60. The monoisotopic (exact) mass is 468 g/mol. The molecule has 0 N–H and O–H groups in total. The van der Waals surface area contributed by atoms with Gasteiger partial charge in [-0.15, -0.1) is 0 Å². The second-order valence-corrected chi connectivity index (χ2v) is 9.98. The Morgan fingerprint density at radius 3 is 2.09 bits per heavy atom. The maximum absolute atomic E-state index is 10.5. The van der Waals surface area contributed by atoms with Gasteiger partial charge < -0.3 is 4.90 Å². The number of benzene rings is 3. The van der Waals surface area contributed by atoms with Gasteiger partial charge in [0.25, 0.3) is 0 Å². The molecule has 2 fully saturated rings. The number of carbonyl (C=O) groups excluding carboxylic acids is 1. The van der Waals surface area contributed by atoms with E-state index in [1.165, 1.54) is 43.5 Å². The topological polar surface area (TPSA) is 23.6 Å². The maximum atomic E-state index is 10.5. The minimum Gasteiger partial charge on any atom is -0.345 e. The van der Waals surface area contributed by atoms with Crippen molar-refractivity contribution in [1.29, 1.82) is 0 Å². The Morgan fingerprint density at radius 2 is 1.40 bits per heavy atom. The first-order valence-electron chi connectivity index (χ1n) is 13.3. The highest BCUT2D eigenvalue weighted by Gasteiger charge is 2.25. The number of amides is 1. The van der Waals surface area contributed by atoms with Crippen LogP contribution in [0.4, 0.5) is 0 Å². The molecular formula is C32H40N2O. The molecule has 0 radical (unpaired) electrons. The van der Waals surface area contributed by atoms with Crippen LogP contribution in [0.5, 0.6) is 0 Å². The van der Waals surface area contributed by atoms with Crippen molar-refractivity contribution in [3.05, 3.63) is 107 Å². The van der Waals surface area contributed by atoms with E-state index in [4.69, 9.17) is 0 Å². The highest BCUT2D eigenvalue weighted by atomic mass is 16.1. The summed E-state index contributed by atoms with van der Waals surface area (Å²) in [5.41, 5.74) is 6.00. The number of aryl methyl sites for hydroxylation is 1. The van der Waals surface area contributed by atoms with Gasteiger partial charge in [0.1, 0.15) is 0 Å². The summed E-state index contributed by atoms with van der Waals surface area (Å²) >= 11 is 0. The fraction of sp³-hybridized carbons (Fsp3) is 0.406. The molecule has 3 heteroatoms. The predicted octanol–water partition coefficient (Wildman–Crippen LogP) is 6.65. The lowest BCUT2D eigenvalue weighted by molar-refractivity contribution is -0.119. The molecule has 0 bridgehead atoms. The van der Waals surface area contributed by atoms with Gasteiger partial charge in [-0.2, -0.15) is 0 Å². The summed E-state index contributed by atoms with van der Waals surface area (Å²) < 4.78 is 0. The second kappa shape index (κ2) is 13.3. The number of nitrogens with zero attached hydrogens (tertiary/aromatic N) is 2. The zero-order valence-corrected chi connectivity index (χ0v) is 21.2. The summed E-state index contributed by atoms with van der Waals surface area (Å²) in [4.78, 5) is 15.0. The van der Waals surface area contributed by atoms with E-state index in [1.807, 2.05) is 11.0 Å². The Morgan fingerprint density at radius 1 is 0.771 bits per heavy atom. The van der Waals surface area contributed by atoms with Crippen molar-refractivity contribution in [2.45, 2.75) is 57.4 Å². The van der Waals surface area contributed by atoms with E-state index in [9.17, 15) is 4.79 Å². The Balaban J connectivity index is 0.000000179. The van der Waals surface area contributed by atoms with Crippen LogP contribution in [0.3, 0.4) is 0 Å². The van der Waals surface area contributed by atoms with Gasteiger partial charge in [-0.05, 0) is 66.3 Å². The van der Waals surface area contributed by atoms with Crippen LogP contribution < -0.4 is 0 Å². The Hall–Kier alpha value is -2.91. The number of piperidine rings is 1. The summed E-state index contributed by atoms with van der Waals surface area (Å²) in [6.07, 6.45) is 6.91. The first kappa shape index (κ1) is 25.2. The van der Waals surface area contributed by atoms with Crippen LogP contribution in [0.15, 0.2) is 84.9 Å². The van der Waals surface area contributed by atoms with Crippen molar-refractivity contribution in [3.8, 4) is 0 Å². The van der Waals surface area contributed by atoms with Gasteiger partial charge in [0.05, 0.1) is 0 Å². The SMILES string of the molecule is CCCc1ccccc1C1CCN(Cc2ccccc2)C1.O=CN1CCC(c2ccccc2)CC1. The van der Waals surface area contributed by atoms with Gasteiger partial charge in [0, 0.05) is 26.2 Å². The minimum atomic E-state index is 0.646. The Labute approximate surface area is 211 Å². The van der Waals surface area contributed by atoms with E-state index >= 15 is 0 Å². The van der Waals surface area contributed by atoms with Crippen LogP contribution in [0, 0.1) is 0 Å². The average molecular weight is 469 g/mol. The van der Waals surface area contributed by atoms with E-state index in [0.717, 1.165) is 44.8 Å². The van der Waals surface area contributed by atoms with Crippen molar-refractivity contribution in [3.63, 3.8) is 0 Å². The molecule has 2 aliphatic rings. The molecule has 1 unspecified atom stereocenters. The standard InChI is InChI=1S/C20H25N.C12H15NO/c1-2-8-18-11-6-7-12-20(18)19-13-14-21(16-19)15-17-9-4-3-5-10-17;14-10-13-8-6-12(7-9-13)11-4-2-1-3-5-11/h3-7,9-12,19H,2,8,13-16H2,1H3;1-5,10,12H,6-9H2. The average Bonchev–Trinajstić information content (AvgIpc) is 3.39. The number of hydrogen-bond acceptors (Lipinski definition) is 2. The van der Waals surface area contributed by atoms with E-state index in [2.05, 4.69) is 90.7 Å². The summed E-state index contributed by atoms with van der Waals surface area (Å²) in [5.74, 6) is 1.36. The zero-order chi connectivity index (χ0) is 24.3. The van der Waals surface area contributed by atoms with Crippen molar-refractivity contribution >= 4 is 6.41 Å². The molecule has 3 nitrogen and oxygen atoms in total. The molecule has 0 spiro atoms. The van der Waals surface area contributed by atoms with Crippen LogP contribution in [0.25, 0.3) is 0 Å².